The lowest BCUT2D eigenvalue weighted by molar-refractivity contribution is 0.0702. The van der Waals surface area contributed by atoms with Crippen LogP contribution in [-0.2, 0) is 10.0 Å². The Morgan fingerprint density at radius 2 is 2.29 bits per heavy atom. The van der Waals surface area contributed by atoms with Gasteiger partial charge in [-0.1, -0.05) is 0 Å². The van der Waals surface area contributed by atoms with Crippen LogP contribution < -0.4 is 0 Å². The Morgan fingerprint density at radius 3 is 2.76 bits per heavy atom. The summed E-state index contributed by atoms with van der Waals surface area (Å²) in [5.74, 6) is -1.09. The topological polar surface area (TPSA) is 74.7 Å². The molecule has 0 aromatic carbocycles. The lowest BCUT2D eigenvalue weighted by atomic mass is 10.3. The lowest BCUT2D eigenvalue weighted by Gasteiger charge is -2.19. The first-order valence-electron chi connectivity index (χ1n) is 5.26. The number of hydrogen-bond acceptors (Lipinski definition) is 4. The predicted molar refractivity (Wildman–Crippen MR) is 63.9 cm³/mol. The molecule has 1 N–H and O–H groups in total. The summed E-state index contributed by atoms with van der Waals surface area (Å²) < 4.78 is 25.9. The first-order chi connectivity index (χ1) is 7.93. The maximum Gasteiger partial charge on any atom is 0.345 e. The zero-order valence-corrected chi connectivity index (χ0v) is 10.9. The summed E-state index contributed by atoms with van der Waals surface area (Å²) in [5, 5.41) is 10.2. The molecule has 1 atom stereocenters. The Hall–Kier alpha value is -0.920. The van der Waals surface area contributed by atoms with E-state index in [9.17, 15) is 13.2 Å². The van der Waals surface area contributed by atoms with Gasteiger partial charge in [0.25, 0.3) is 0 Å². The van der Waals surface area contributed by atoms with Crippen LogP contribution in [0.3, 0.4) is 0 Å². The molecule has 94 valence electrons. The number of sulfonamides is 1. The highest BCUT2D eigenvalue weighted by molar-refractivity contribution is 7.89. The number of rotatable bonds is 3. The first-order valence-corrected chi connectivity index (χ1v) is 7.58. The van der Waals surface area contributed by atoms with E-state index in [0.29, 0.717) is 6.54 Å². The molecule has 1 aromatic rings. The second-order valence-corrected chi connectivity index (χ2v) is 6.86. The molecule has 1 aromatic heterocycles. The number of nitrogens with zero attached hydrogens (tertiary/aromatic N) is 1. The van der Waals surface area contributed by atoms with Gasteiger partial charge in [-0.05, 0) is 25.8 Å². The standard InChI is InChI=1S/C10H13NO4S2/c1-7-3-2-4-11(7)17(14,15)8-5-9(10(12)13)16-6-8/h5-7H,2-4H2,1H3,(H,12,13). The molecular formula is C10H13NO4S2. The highest BCUT2D eigenvalue weighted by Gasteiger charge is 2.33. The largest absolute Gasteiger partial charge is 0.477 e. The van der Waals surface area contributed by atoms with E-state index in [1.54, 1.807) is 0 Å². The highest BCUT2D eigenvalue weighted by Crippen LogP contribution is 2.28. The zero-order valence-electron chi connectivity index (χ0n) is 9.29. The second kappa shape index (κ2) is 4.40. The smallest absolute Gasteiger partial charge is 0.345 e. The van der Waals surface area contributed by atoms with Crippen molar-refractivity contribution in [3.05, 3.63) is 16.3 Å². The van der Waals surface area contributed by atoms with Gasteiger partial charge >= 0.3 is 5.97 Å². The van der Waals surface area contributed by atoms with Crippen LogP contribution in [0, 0.1) is 0 Å². The molecule has 5 nitrogen and oxygen atoms in total. The Balaban J connectivity index is 2.34. The molecule has 0 bridgehead atoms. The maximum atomic E-state index is 12.2. The average Bonchev–Trinajstić information content (AvgIpc) is 2.84. The molecule has 0 radical (unpaired) electrons. The molecule has 0 amide bonds. The van der Waals surface area contributed by atoms with Gasteiger partial charge in [0.15, 0.2) is 0 Å². The van der Waals surface area contributed by atoms with E-state index in [1.807, 2.05) is 6.92 Å². The van der Waals surface area contributed by atoms with Gasteiger partial charge in [-0.3, -0.25) is 0 Å². The molecule has 0 aliphatic carbocycles. The predicted octanol–water partition coefficient (Wildman–Crippen LogP) is 1.62. The van der Waals surface area contributed by atoms with Crippen LogP contribution in [0.15, 0.2) is 16.3 Å². The molecule has 1 saturated heterocycles. The second-order valence-electron chi connectivity index (χ2n) is 4.06. The van der Waals surface area contributed by atoms with Gasteiger partial charge in [-0.2, -0.15) is 4.31 Å². The zero-order chi connectivity index (χ0) is 12.6. The summed E-state index contributed by atoms with van der Waals surface area (Å²) in [4.78, 5) is 10.9. The van der Waals surface area contributed by atoms with Gasteiger partial charge in [0, 0.05) is 18.0 Å². The van der Waals surface area contributed by atoms with Crippen LogP contribution in [0.4, 0.5) is 0 Å². The Bertz CT molecular complexity index is 534. The fourth-order valence-corrected chi connectivity index (χ4v) is 4.76. The molecule has 7 heteroatoms. The van der Waals surface area contributed by atoms with Crippen LogP contribution >= 0.6 is 11.3 Å². The van der Waals surface area contributed by atoms with E-state index >= 15 is 0 Å². The van der Waals surface area contributed by atoms with E-state index < -0.39 is 16.0 Å². The SMILES string of the molecule is CC1CCCN1S(=O)(=O)c1csc(C(=O)O)c1. The third-order valence-electron chi connectivity index (χ3n) is 2.88. The number of thiophene rings is 1. The minimum Gasteiger partial charge on any atom is -0.477 e. The molecule has 1 unspecified atom stereocenters. The van der Waals surface area contributed by atoms with Crippen molar-refractivity contribution in [2.24, 2.45) is 0 Å². The van der Waals surface area contributed by atoms with Gasteiger partial charge in [-0.25, -0.2) is 13.2 Å². The summed E-state index contributed by atoms with van der Waals surface area (Å²) in [7, 11) is -3.52. The highest BCUT2D eigenvalue weighted by atomic mass is 32.2. The molecule has 17 heavy (non-hydrogen) atoms. The van der Waals surface area contributed by atoms with Crippen LogP contribution in [-0.4, -0.2) is 36.4 Å². The monoisotopic (exact) mass is 275 g/mol. The van der Waals surface area contributed by atoms with Gasteiger partial charge in [0.1, 0.15) is 4.88 Å². The maximum absolute atomic E-state index is 12.2. The molecule has 1 aliphatic rings. The third kappa shape index (κ3) is 2.22. The van der Waals surface area contributed by atoms with Crippen molar-refractivity contribution >= 4 is 27.3 Å². The summed E-state index contributed by atoms with van der Waals surface area (Å²) in [6.07, 6.45) is 1.71. The van der Waals surface area contributed by atoms with Crippen LogP contribution in [0.25, 0.3) is 0 Å². The molecule has 0 saturated carbocycles. The first kappa shape index (κ1) is 12.5. The molecule has 1 aliphatic heterocycles. The summed E-state index contributed by atoms with van der Waals surface area (Å²) in [6, 6.07) is 1.22. The van der Waals surface area contributed by atoms with Crippen molar-refractivity contribution in [2.75, 3.05) is 6.54 Å². The fraction of sp³-hybridized carbons (Fsp3) is 0.500. The van der Waals surface area contributed by atoms with Crippen molar-refractivity contribution in [1.82, 2.24) is 4.31 Å². The number of aromatic carboxylic acids is 1. The Morgan fingerprint density at radius 1 is 1.59 bits per heavy atom. The average molecular weight is 275 g/mol. The number of carboxylic acid groups (broad SMARTS) is 1. The van der Waals surface area contributed by atoms with Crippen LogP contribution in [0.5, 0.6) is 0 Å². The normalized spacial score (nSPS) is 21.8. The van der Waals surface area contributed by atoms with E-state index in [2.05, 4.69) is 0 Å². The van der Waals surface area contributed by atoms with Crippen LogP contribution in [0.2, 0.25) is 0 Å². The summed E-state index contributed by atoms with van der Waals surface area (Å²) in [5.41, 5.74) is 0. The summed E-state index contributed by atoms with van der Waals surface area (Å²) >= 11 is 0.939. The molecule has 2 rings (SSSR count). The Labute approximate surface area is 104 Å². The quantitative estimate of drug-likeness (QED) is 0.909. The lowest BCUT2D eigenvalue weighted by Crippen LogP contribution is -2.33. The minimum atomic E-state index is -3.52. The van der Waals surface area contributed by atoms with Gasteiger partial charge < -0.3 is 5.11 Å². The van der Waals surface area contributed by atoms with Gasteiger partial charge in [0.05, 0.1) is 4.90 Å². The number of hydrogen-bond donors (Lipinski definition) is 1. The van der Waals surface area contributed by atoms with E-state index in [4.69, 9.17) is 5.11 Å². The van der Waals surface area contributed by atoms with Crippen LogP contribution in [0.1, 0.15) is 29.4 Å². The van der Waals surface area contributed by atoms with Crippen molar-refractivity contribution in [3.63, 3.8) is 0 Å². The van der Waals surface area contributed by atoms with Crippen molar-refractivity contribution < 1.29 is 18.3 Å². The fourth-order valence-electron chi connectivity index (χ4n) is 1.97. The van der Waals surface area contributed by atoms with Gasteiger partial charge in [0.2, 0.25) is 10.0 Å². The van der Waals surface area contributed by atoms with E-state index in [0.717, 1.165) is 24.2 Å². The molecule has 1 fully saturated rings. The van der Waals surface area contributed by atoms with E-state index in [-0.39, 0.29) is 15.8 Å². The minimum absolute atomic E-state index is 0.00632. The molecule has 0 spiro atoms. The van der Waals surface area contributed by atoms with Crippen molar-refractivity contribution in [2.45, 2.75) is 30.7 Å². The molecular weight excluding hydrogens is 262 g/mol. The van der Waals surface area contributed by atoms with E-state index in [1.165, 1.54) is 15.8 Å². The third-order valence-corrected chi connectivity index (χ3v) is 5.94. The number of carboxylic acids is 1. The summed E-state index contributed by atoms with van der Waals surface area (Å²) in [6.45, 7) is 2.39. The van der Waals surface area contributed by atoms with Gasteiger partial charge in [-0.15, -0.1) is 11.3 Å². The number of carbonyl (C=O) groups is 1. The van der Waals surface area contributed by atoms with Crippen molar-refractivity contribution in [3.8, 4) is 0 Å². The van der Waals surface area contributed by atoms with Crippen molar-refractivity contribution in [1.29, 1.82) is 0 Å². The molecule has 2 heterocycles. The Kier molecular flexibility index (Phi) is 3.24.